The zero-order chi connectivity index (χ0) is 10.1. The molecule has 0 unspecified atom stereocenters. The first-order valence-electron chi connectivity index (χ1n) is 3.37. The highest BCUT2D eigenvalue weighted by atomic mass is 35.5. The Balaban J connectivity index is 3.19. The second-order valence-corrected chi connectivity index (χ2v) is 2.74. The van der Waals surface area contributed by atoms with E-state index in [-0.39, 0.29) is 6.54 Å². The van der Waals surface area contributed by atoms with E-state index in [1.165, 1.54) is 6.20 Å². The van der Waals surface area contributed by atoms with Crippen molar-refractivity contribution in [3.8, 4) is 0 Å². The number of nitrogens with two attached hydrogens (primary N) is 1. The van der Waals surface area contributed by atoms with Gasteiger partial charge >= 0.3 is 6.18 Å². The number of nitrogens with zero attached hydrogens (tertiary/aromatic N) is 1. The lowest BCUT2D eigenvalue weighted by Crippen LogP contribution is -2.09. The second-order valence-electron chi connectivity index (χ2n) is 2.38. The topological polar surface area (TPSA) is 38.9 Å². The molecular weight excluding hydrogens is 205 g/mol. The molecule has 0 saturated carbocycles. The number of alkyl halides is 3. The van der Waals surface area contributed by atoms with Crippen LogP contribution in [0.3, 0.4) is 0 Å². The fourth-order valence-electron chi connectivity index (χ4n) is 0.802. The van der Waals surface area contributed by atoms with Gasteiger partial charge in [-0.1, -0.05) is 11.6 Å². The predicted molar refractivity (Wildman–Crippen MR) is 42.1 cm³/mol. The number of hydrogen-bond acceptors (Lipinski definition) is 2. The van der Waals surface area contributed by atoms with E-state index >= 15 is 0 Å². The maximum absolute atomic E-state index is 12.2. The maximum Gasteiger partial charge on any atom is 0.419 e. The Kier molecular flexibility index (Phi) is 2.77. The fraction of sp³-hybridized carbons (Fsp3) is 0.286. The van der Waals surface area contributed by atoms with E-state index in [2.05, 4.69) is 4.98 Å². The van der Waals surface area contributed by atoms with Crippen LogP contribution < -0.4 is 5.73 Å². The number of halogens is 4. The monoisotopic (exact) mass is 210 g/mol. The lowest BCUT2D eigenvalue weighted by molar-refractivity contribution is -0.137. The molecule has 1 heterocycles. The first kappa shape index (κ1) is 10.3. The molecule has 0 saturated heterocycles. The smallest absolute Gasteiger partial charge is 0.326 e. The van der Waals surface area contributed by atoms with Gasteiger partial charge in [0.1, 0.15) is 5.15 Å². The molecule has 0 atom stereocenters. The Morgan fingerprint density at radius 1 is 1.46 bits per heavy atom. The lowest BCUT2D eigenvalue weighted by atomic mass is 10.2. The summed E-state index contributed by atoms with van der Waals surface area (Å²) in [7, 11) is 0. The van der Waals surface area contributed by atoms with Crippen LogP contribution >= 0.6 is 11.6 Å². The first-order chi connectivity index (χ1) is 5.95. The third kappa shape index (κ3) is 2.32. The van der Waals surface area contributed by atoms with Crippen LogP contribution in [-0.4, -0.2) is 4.98 Å². The third-order valence-electron chi connectivity index (χ3n) is 1.44. The van der Waals surface area contributed by atoms with Crippen LogP contribution in [0.15, 0.2) is 12.3 Å². The van der Waals surface area contributed by atoms with Crippen molar-refractivity contribution >= 4 is 11.6 Å². The minimum Gasteiger partial charge on any atom is -0.326 e. The molecule has 0 aliphatic heterocycles. The van der Waals surface area contributed by atoms with Crippen LogP contribution in [0.2, 0.25) is 5.15 Å². The number of rotatable bonds is 1. The molecule has 0 aliphatic rings. The maximum atomic E-state index is 12.2. The summed E-state index contributed by atoms with van der Waals surface area (Å²) >= 11 is 5.27. The Morgan fingerprint density at radius 2 is 2.08 bits per heavy atom. The first-order valence-corrected chi connectivity index (χ1v) is 3.74. The van der Waals surface area contributed by atoms with E-state index in [1.54, 1.807) is 0 Å². The molecule has 0 aromatic carbocycles. The van der Waals surface area contributed by atoms with Crippen LogP contribution in [-0.2, 0) is 12.7 Å². The van der Waals surface area contributed by atoms with Crippen molar-refractivity contribution in [3.63, 3.8) is 0 Å². The third-order valence-corrected chi connectivity index (χ3v) is 1.74. The summed E-state index contributed by atoms with van der Waals surface area (Å²) in [5.41, 5.74) is 4.52. The van der Waals surface area contributed by atoms with Gasteiger partial charge in [-0.2, -0.15) is 13.2 Å². The van der Waals surface area contributed by atoms with Crippen molar-refractivity contribution in [2.24, 2.45) is 5.73 Å². The standard InChI is InChI=1S/C7H6ClF3N2/c8-6-5(7(9,10)11)1-4(2-12)3-13-6/h1,3H,2,12H2. The Labute approximate surface area is 77.5 Å². The molecule has 0 radical (unpaired) electrons. The quantitative estimate of drug-likeness (QED) is 0.722. The summed E-state index contributed by atoms with van der Waals surface area (Å²) in [6.07, 6.45) is -3.26. The van der Waals surface area contributed by atoms with Gasteiger partial charge in [-0.25, -0.2) is 4.98 Å². The van der Waals surface area contributed by atoms with Crippen LogP contribution in [0.25, 0.3) is 0 Å². The van der Waals surface area contributed by atoms with Crippen molar-refractivity contribution in [2.75, 3.05) is 0 Å². The predicted octanol–water partition coefficient (Wildman–Crippen LogP) is 2.21. The average Bonchev–Trinajstić information content (AvgIpc) is 2.03. The van der Waals surface area contributed by atoms with Gasteiger partial charge in [0.15, 0.2) is 0 Å². The average molecular weight is 211 g/mol. The van der Waals surface area contributed by atoms with Gasteiger partial charge in [-0.3, -0.25) is 0 Å². The van der Waals surface area contributed by atoms with Crippen LogP contribution in [0.5, 0.6) is 0 Å². The summed E-state index contributed by atoms with van der Waals surface area (Å²) in [6.45, 7) is 0.00719. The molecule has 1 aromatic rings. The van der Waals surface area contributed by atoms with Gasteiger partial charge in [0, 0.05) is 12.7 Å². The highest BCUT2D eigenvalue weighted by Gasteiger charge is 2.33. The van der Waals surface area contributed by atoms with Crippen LogP contribution in [0.1, 0.15) is 11.1 Å². The molecule has 0 fully saturated rings. The lowest BCUT2D eigenvalue weighted by Gasteiger charge is -2.08. The molecule has 2 nitrogen and oxygen atoms in total. The van der Waals surface area contributed by atoms with Gasteiger partial charge in [-0.05, 0) is 11.6 Å². The van der Waals surface area contributed by atoms with E-state index in [0.717, 1.165) is 6.07 Å². The normalized spacial score (nSPS) is 11.8. The van der Waals surface area contributed by atoms with E-state index in [4.69, 9.17) is 17.3 Å². The molecule has 0 bridgehead atoms. The number of hydrogen-bond donors (Lipinski definition) is 1. The van der Waals surface area contributed by atoms with E-state index < -0.39 is 16.9 Å². The number of pyridine rings is 1. The van der Waals surface area contributed by atoms with Crippen molar-refractivity contribution in [3.05, 3.63) is 28.5 Å². The van der Waals surface area contributed by atoms with Gasteiger partial charge in [0.25, 0.3) is 0 Å². The fourth-order valence-corrected chi connectivity index (χ4v) is 1.01. The van der Waals surface area contributed by atoms with E-state index in [9.17, 15) is 13.2 Å². The highest BCUT2D eigenvalue weighted by Crippen LogP contribution is 2.33. The highest BCUT2D eigenvalue weighted by molar-refractivity contribution is 6.30. The van der Waals surface area contributed by atoms with Gasteiger partial charge < -0.3 is 5.73 Å². The Bertz CT molecular complexity index is 311. The summed E-state index contributed by atoms with van der Waals surface area (Å²) in [4.78, 5) is 3.38. The van der Waals surface area contributed by atoms with Gasteiger partial charge in [-0.15, -0.1) is 0 Å². The molecular formula is C7H6ClF3N2. The molecule has 1 rings (SSSR count). The van der Waals surface area contributed by atoms with Crippen LogP contribution in [0, 0.1) is 0 Å². The minimum absolute atomic E-state index is 0.00719. The molecule has 2 N–H and O–H groups in total. The molecule has 0 spiro atoms. The van der Waals surface area contributed by atoms with Crippen LogP contribution in [0.4, 0.5) is 13.2 Å². The van der Waals surface area contributed by atoms with E-state index in [0.29, 0.717) is 5.56 Å². The van der Waals surface area contributed by atoms with Crippen molar-refractivity contribution in [1.29, 1.82) is 0 Å². The zero-order valence-electron chi connectivity index (χ0n) is 6.40. The molecule has 0 aliphatic carbocycles. The molecule has 6 heteroatoms. The zero-order valence-corrected chi connectivity index (χ0v) is 7.15. The molecule has 13 heavy (non-hydrogen) atoms. The SMILES string of the molecule is NCc1cnc(Cl)c(C(F)(F)F)c1. The minimum atomic E-state index is -4.48. The van der Waals surface area contributed by atoms with Gasteiger partial charge in [0.05, 0.1) is 5.56 Å². The van der Waals surface area contributed by atoms with Crippen molar-refractivity contribution in [1.82, 2.24) is 4.98 Å². The second kappa shape index (κ2) is 3.51. The summed E-state index contributed by atoms with van der Waals surface area (Å²) in [6, 6.07) is 0.898. The molecule has 72 valence electrons. The van der Waals surface area contributed by atoms with Crippen molar-refractivity contribution < 1.29 is 13.2 Å². The summed E-state index contributed by atoms with van der Waals surface area (Å²) in [5.74, 6) is 0. The number of aromatic nitrogens is 1. The summed E-state index contributed by atoms with van der Waals surface area (Å²) < 4.78 is 36.6. The Hall–Kier alpha value is -0.810. The summed E-state index contributed by atoms with van der Waals surface area (Å²) in [5, 5.41) is -0.551. The van der Waals surface area contributed by atoms with Crippen molar-refractivity contribution in [2.45, 2.75) is 12.7 Å². The molecule has 1 aromatic heterocycles. The Morgan fingerprint density at radius 3 is 2.54 bits per heavy atom. The largest absolute Gasteiger partial charge is 0.419 e. The van der Waals surface area contributed by atoms with E-state index in [1.807, 2.05) is 0 Å². The molecule has 0 amide bonds. The van der Waals surface area contributed by atoms with Gasteiger partial charge in [0.2, 0.25) is 0 Å².